The smallest absolute Gasteiger partial charge is 0.266 e. The van der Waals surface area contributed by atoms with E-state index in [0.29, 0.717) is 40.9 Å². The Kier molecular flexibility index (Phi) is 5.71. The van der Waals surface area contributed by atoms with Gasteiger partial charge < -0.3 is 5.32 Å². The quantitative estimate of drug-likeness (QED) is 0.646. The first kappa shape index (κ1) is 21.7. The summed E-state index contributed by atoms with van der Waals surface area (Å²) in [5.41, 5.74) is 0.653. The molecule has 2 aliphatic heterocycles. The van der Waals surface area contributed by atoms with E-state index in [0.717, 1.165) is 44.3 Å². The van der Waals surface area contributed by atoms with Crippen molar-refractivity contribution in [1.82, 2.24) is 9.88 Å². The van der Waals surface area contributed by atoms with Gasteiger partial charge in [0.2, 0.25) is 0 Å². The van der Waals surface area contributed by atoms with E-state index >= 15 is 0 Å². The molecule has 2 N–H and O–H groups in total. The third kappa shape index (κ3) is 4.42. The summed E-state index contributed by atoms with van der Waals surface area (Å²) >= 11 is 6.76. The number of thiazole rings is 1. The summed E-state index contributed by atoms with van der Waals surface area (Å²) < 4.78 is 54.7. The summed E-state index contributed by atoms with van der Waals surface area (Å²) in [6.07, 6.45) is 3.07. The van der Waals surface area contributed by atoms with Gasteiger partial charge in [-0.05, 0) is 42.9 Å². The lowest BCUT2D eigenvalue weighted by molar-refractivity contribution is 0.285. The first-order chi connectivity index (χ1) is 14.0. The van der Waals surface area contributed by atoms with Gasteiger partial charge in [0.25, 0.3) is 10.0 Å². The van der Waals surface area contributed by atoms with Gasteiger partial charge in [-0.25, -0.2) is 17.8 Å². The largest absolute Gasteiger partial charge is 0.383 e. The predicted molar refractivity (Wildman–Crippen MR) is 115 cm³/mol. The number of nitrogens with one attached hydrogen (secondary N) is 2. The lowest BCUT2D eigenvalue weighted by Gasteiger charge is -2.22. The van der Waals surface area contributed by atoms with Gasteiger partial charge in [-0.3, -0.25) is 9.62 Å². The van der Waals surface area contributed by atoms with Crippen LogP contribution in [0.15, 0.2) is 23.2 Å². The molecule has 0 spiro atoms. The number of sulfonamides is 1. The average Bonchev–Trinajstić information content (AvgIpc) is 3.29. The Morgan fingerprint density at radius 1 is 1.37 bits per heavy atom. The molecule has 30 heavy (non-hydrogen) atoms. The molecule has 0 radical (unpaired) electrons. The summed E-state index contributed by atoms with van der Waals surface area (Å²) in [4.78, 5) is 5.49. The third-order valence-corrected chi connectivity index (χ3v) is 8.26. The van der Waals surface area contributed by atoms with E-state index in [4.69, 9.17) is 11.6 Å². The van der Waals surface area contributed by atoms with Crippen LogP contribution < -0.4 is 10.0 Å². The van der Waals surface area contributed by atoms with Crippen LogP contribution in [0.25, 0.3) is 0 Å². The van der Waals surface area contributed by atoms with Gasteiger partial charge in [0, 0.05) is 19.1 Å². The van der Waals surface area contributed by atoms with Crippen molar-refractivity contribution < 1.29 is 17.2 Å². The zero-order valence-electron chi connectivity index (χ0n) is 16.6. The van der Waals surface area contributed by atoms with E-state index in [1.165, 1.54) is 0 Å². The van der Waals surface area contributed by atoms with Crippen molar-refractivity contribution in [2.24, 2.45) is 11.3 Å². The number of nitrogens with zero attached hydrogens (tertiary/aromatic N) is 2. The van der Waals surface area contributed by atoms with Crippen LogP contribution in [0.2, 0.25) is 5.02 Å². The van der Waals surface area contributed by atoms with Crippen molar-refractivity contribution in [3.63, 3.8) is 0 Å². The number of anilines is 2. The molecule has 6 nitrogen and oxygen atoms in total. The fourth-order valence-corrected chi connectivity index (χ4v) is 6.65. The van der Waals surface area contributed by atoms with Crippen LogP contribution in [0, 0.1) is 22.3 Å². The van der Waals surface area contributed by atoms with E-state index in [9.17, 15) is 17.2 Å². The van der Waals surface area contributed by atoms with E-state index in [1.807, 2.05) is 0 Å². The fraction of sp³-hybridized carbons (Fsp3) is 0.526. The van der Waals surface area contributed by atoms with Crippen LogP contribution in [0.4, 0.5) is 19.6 Å². The van der Waals surface area contributed by atoms with Gasteiger partial charge >= 0.3 is 0 Å². The first-order valence-electron chi connectivity index (χ1n) is 9.65. The third-order valence-electron chi connectivity index (χ3n) is 5.76. The lowest BCUT2D eigenvalue weighted by atomic mass is 9.86. The molecule has 0 bridgehead atoms. The zero-order chi connectivity index (χ0) is 21.7. The maximum absolute atomic E-state index is 14.6. The highest BCUT2D eigenvalue weighted by atomic mass is 35.5. The standard InChI is InChI=1S/C19H23ClF2N4O2S2/c1-19(2)7-15-11(3-4-26(15)10-19)8-23-14-6-13(21)16(5-12(14)20)30(27,28)25-18-24-9-17(22)29-18/h5-6,9,11,15,23H,3-4,7-8,10H2,1-2H3,(H,24,25)/t11-,15?/m0/s1. The Morgan fingerprint density at radius 3 is 2.83 bits per heavy atom. The summed E-state index contributed by atoms with van der Waals surface area (Å²) in [6.45, 7) is 7.33. The number of aromatic nitrogens is 1. The molecule has 3 heterocycles. The number of hydrogen-bond donors (Lipinski definition) is 2. The maximum Gasteiger partial charge on any atom is 0.266 e. The molecule has 4 rings (SSSR count). The van der Waals surface area contributed by atoms with Gasteiger partial charge in [-0.15, -0.1) is 0 Å². The molecule has 1 aromatic heterocycles. The van der Waals surface area contributed by atoms with Crippen molar-refractivity contribution in [1.29, 1.82) is 0 Å². The maximum atomic E-state index is 14.6. The van der Waals surface area contributed by atoms with Gasteiger partial charge in [0.05, 0.1) is 16.9 Å². The molecule has 0 aliphatic carbocycles. The molecular formula is C19H23ClF2N4O2S2. The average molecular weight is 477 g/mol. The molecule has 0 saturated carbocycles. The van der Waals surface area contributed by atoms with Crippen LogP contribution in [0.1, 0.15) is 26.7 Å². The second-order valence-corrected chi connectivity index (χ2v) is 11.7. The Morgan fingerprint density at radius 2 is 2.13 bits per heavy atom. The number of fused-ring (bicyclic) bond motifs is 1. The highest BCUT2D eigenvalue weighted by Gasteiger charge is 2.44. The Balaban J connectivity index is 1.46. The molecule has 2 saturated heterocycles. The van der Waals surface area contributed by atoms with Crippen molar-refractivity contribution in [2.45, 2.75) is 37.6 Å². The molecule has 2 aliphatic rings. The molecule has 1 unspecified atom stereocenters. The van der Waals surface area contributed by atoms with Gasteiger partial charge in [0.1, 0.15) is 10.7 Å². The predicted octanol–water partition coefficient (Wildman–Crippen LogP) is 4.41. The summed E-state index contributed by atoms with van der Waals surface area (Å²) in [6, 6.07) is 2.65. The monoisotopic (exact) mass is 476 g/mol. The SMILES string of the molecule is CC1(C)CC2[C@H](CNc3cc(F)c(S(=O)(=O)Nc4ncc(F)s4)cc3Cl)CCN2C1. The summed E-state index contributed by atoms with van der Waals surface area (Å²) in [5, 5.41) is 2.46. The van der Waals surface area contributed by atoms with Crippen LogP contribution in [0.3, 0.4) is 0 Å². The molecule has 2 atom stereocenters. The zero-order valence-corrected chi connectivity index (χ0v) is 19.0. The van der Waals surface area contributed by atoms with E-state index < -0.39 is 25.9 Å². The molecule has 1 aromatic carbocycles. The minimum Gasteiger partial charge on any atom is -0.383 e. The molecule has 0 amide bonds. The number of hydrogen-bond acceptors (Lipinski definition) is 6. The van der Waals surface area contributed by atoms with Crippen LogP contribution in [-0.2, 0) is 10.0 Å². The molecular weight excluding hydrogens is 454 g/mol. The lowest BCUT2D eigenvalue weighted by Crippen LogP contribution is -2.29. The summed E-state index contributed by atoms with van der Waals surface area (Å²) in [5.74, 6) is -0.516. The minimum absolute atomic E-state index is 0.101. The second kappa shape index (κ2) is 7.89. The fourth-order valence-electron chi connectivity index (χ4n) is 4.48. The highest BCUT2D eigenvalue weighted by molar-refractivity contribution is 7.93. The first-order valence-corrected chi connectivity index (χ1v) is 12.3. The molecule has 2 aromatic rings. The second-order valence-electron chi connectivity index (χ2n) is 8.67. The minimum atomic E-state index is -4.29. The highest BCUT2D eigenvalue weighted by Crippen LogP contribution is 2.42. The van der Waals surface area contributed by atoms with Crippen molar-refractivity contribution in [3.8, 4) is 0 Å². The van der Waals surface area contributed by atoms with E-state index in [-0.39, 0.29) is 10.2 Å². The van der Waals surface area contributed by atoms with Crippen LogP contribution in [-0.4, -0.2) is 44.0 Å². The van der Waals surface area contributed by atoms with Crippen LogP contribution in [0.5, 0.6) is 0 Å². The Bertz CT molecular complexity index is 1060. The number of benzene rings is 1. The molecule has 164 valence electrons. The normalized spacial score (nSPS) is 23.5. The Hall–Kier alpha value is -1.49. The number of halogens is 3. The van der Waals surface area contributed by atoms with Crippen molar-refractivity contribution >= 4 is 43.8 Å². The van der Waals surface area contributed by atoms with Crippen LogP contribution >= 0.6 is 22.9 Å². The van der Waals surface area contributed by atoms with E-state index in [2.05, 4.69) is 33.8 Å². The van der Waals surface area contributed by atoms with Gasteiger partial charge in [0.15, 0.2) is 10.3 Å². The Labute approximate surface area is 183 Å². The topological polar surface area (TPSA) is 74.3 Å². The molecule has 11 heteroatoms. The van der Waals surface area contributed by atoms with Gasteiger partial charge in [-0.2, -0.15) is 4.39 Å². The summed E-state index contributed by atoms with van der Waals surface area (Å²) in [7, 11) is -4.29. The van der Waals surface area contributed by atoms with E-state index in [1.54, 1.807) is 0 Å². The van der Waals surface area contributed by atoms with Crippen molar-refractivity contribution in [2.75, 3.05) is 29.7 Å². The van der Waals surface area contributed by atoms with Crippen molar-refractivity contribution in [3.05, 3.63) is 34.3 Å². The molecule has 2 fully saturated rings. The number of rotatable bonds is 6. The van der Waals surface area contributed by atoms with Gasteiger partial charge in [-0.1, -0.05) is 36.8 Å².